The van der Waals surface area contributed by atoms with E-state index in [0.29, 0.717) is 10.7 Å². The Hall–Kier alpha value is -0.820. The molecule has 18 heavy (non-hydrogen) atoms. The molecule has 0 spiro atoms. The number of benzene rings is 1. The predicted molar refractivity (Wildman–Crippen MR) is 78.8 cm³/mol. The number of carbonyl (C=O) groups is 2. The largest absolute Gasteiger partial charge is 0.481 e. The molecule has 1 amide bonds. The van der Waals surface area contributed by atoms with E-state index in [1.165, 1.54) is 13.8 Å². The van der Waals surface area contributed by atoms with Crippen molar-refractivity contribution in [2.75, 3.05) is 5.32 Å². The summed E-state index contributed by atoms with van der Waals surface area (Å²) < 4.78 is 0.935. The van der Waals surface area contributed by atoms with Crippen LogP contribution in [0.2, 0.25) is 5.02 Å². The van der Waals surface area contributed by atoms with E-state index >= 15 is 0 Å². The molecule has 0 heterocycles. The van der Waals surface area contributed by atoms with Crippen LogP contribution >= 0.6 is 34.2 Å². The fourth-order valence-corrected chi connectivity index (χ4v) is 1.92. The lowest BCUT2D eigenvalue weighted by atomic mass is 9.89. The number of nitrogens with one attached hydrogen (secondary N) is 1. The van der Waals surface area contributed by atoms with E-state index in [9.17, 15) is 9.59 Å². The molecule has 0 saturated carbocycles. The summed E-state index contributed by atoms with van der Waals surface area (Å²) in [6.45, 7) is 3.01. The third-order valence-corrected chi connectivity index (χ3v) is 3.38. The smallest absolute Gasteiger partial charge is 0.309 e. The fraction of sp³-hybridized carbons (Fsp3) is 0.333. The van der Waals surface area contributed by atoms with Crippen molar-refractivity contribution in [3.63, 3.8) is 0 Å². The molecule has 98 valence electrons. The lowest BCUT2D eigenvalue weighted by molar-refractivity contribution is -0.148. The van der Waals surface area contributed by atoms with Crippen molar-refractivity contribution < 1.29 is 14.7 Å². The van der Waals surface area contributed by atoms with Crippen molar-refractivity contribution >= 4 is 51.8 Å². The molecule has 0 aliphatic heterocycles. The molecule has 1 aromatic rings. The number of anilines is 1. The number of halogens is 2. The van der Waals surface area contributed by atoms with Gasteiger partial charge in [0.2, 0.25) is 5.91 Å². The Morgan fingerprint density at radius 3 is 2.61 bits per heavy atom. The quantitative estimate of drug-likeness (QED) is 0.786. The normalized spacial score (nSPS) is 11.1. The third-order valence-electron chi connectivity index (χ3n) is 2.38. The Kier molecular flexibility index (Phi) is 4.98. The van der Waals surface area contributed by atoms with Crippen molar-refractivity contribution in [3.8, 4) is 0 Å². The highest BCUT2D eigenvalue weighted by Crippen LogP contribution is 2.26. The number of hydrogen-bond acceptors (Lipinski definition) is 2. The van der Waals surface area contributed by atoms with Gasteiger partial charge in [-0.3, -0.25) is 9.59 Å². The van der Waals surface area contributed by atoms with E-state index in [0.717, 1.165) is 3.57 Å². The van der Waals surface area contributed by atoms with Gasteiger partial charge in [-0.1, -0.05) is 11.6 Å². The zero-order chi connectivity index (χ0) is 13.9. The molecule has 1 rings (SSSR count). The van der Waals surface area contributed by atoms with Crippen LogP contribution < -0.4 is 5.32 Å². The molecular weight excluding hydrogens is 368 g/mol. The van der Waals surface area contributed by atoms with E-state index in [2.05, 4.69) is 27.9 Å². The molecule has 2 N–H and O–H groups in total. The maximum Gasteiger partial charge on any atom is 0.309 e. The lowest BCUT2D eigenvalue weighted by Crippen LogP contribution is -2.29. The Morgan fingerprint density at radius 2 is 2.06 bits per heavy atom. The van der Waals surface area contributed by atoms with Crippen LogP contribution in [0.1, 0.15) is 20.3 Å². The summed E-state index contributed by atoms with van der Waals surface area (Å²) in [6.07, 6.45) is -0.107. The predicted octanol–water partition coefficient (Wildman–Crippen LogP) is 3.38. The highest BCUT2D eigenvalue weighted by molar-refractivity contribution is 14.1. The topological polar surface area (TPSA) is 66.4 Å². The maximum atomic E-state index is 11.8. The number of amides is 1. The van der Waals surface area contributed by atoms with Gasteiger partial charge in [0.05, 0.1) is 16.1 Å². The molecule has 0 aliphatic rings. The Balaban J connectivity index is 2.77. The van der Waals surface area contributed by atoms with E-state index in [4.69, 9.17) is 16.7 Å². The number of carboxylic acid groups (broad SMARTS) is 1. The summed E-state index contributed by atoms with van der Waals surface area (Å²) in [5.74, 6) is -1.38. The van der Waals surface area contributed by atoms with Crippen LogP contribution in [-0.2, 0) is 9.59 Å². The second kappa shape index (κ2) is 5.88. The van der Waals surface area contributed by atoms with Crippen LogP contribution in [0, 0.1) is 8.99 Å². The van der Waals surface area contributed by atoms with Gasteiger partial charge in [0.1, 0.15) is 0 Å². The summed E-state index contributed by atoms with van der Waals surface area (Å²) in [5.41, 5.74) is -0.604. The minimum absolute atomic E-state index is 0.107. The molecular formula is C12H13ClINO3. The molecule has 0 aliphatic carbocycles. The van der Waals surface area contributed by atoms with E-state index in [1.807, 2.05) is 6.07 Å². The van der Waals surface area contributed by atoms with Gasteiger partial charge >= 0.3 is 5.97 Å². The van der Waals surface area contributed by atoms with Crippen LogP contribution in [0.15, 0.2) is 18.2 Å². The molecule has 0 saturated heterocycles. The number of hydrogen-bond donors (Lipinski definition) is 2. The van der Waals surface area contributed by atoms with Gasteiger partial charge in [-0.05, 0) is 54.6 Å². The summed E-state index contributed by atoms with van der Waals surface area (Å²) in [4.78, 5) is 22.7. The van der Waals surface area contributed by atoms with E-state index in [1.54, 1.807) is 12.1 Å². The first kappa shape index (κ1) is 15.2. The molecule has 0 fully saturated rings. The first-order valence-electron chi connectivity index (χ1n) is 5.20. The highest BCUT2D eigenvalue weighted by atomic mass is 127. The second-order valence-corrected chi connectivity index (χ2v) is 6.19. The first-order valence-corrected chi connectivity index (χ1v) is 6.66. The minimum atomic E-state index is -1.10. The Labute approximate surface area is 124 Å². The van der Waals surface area contributed by atoms with Crippen molar-refractivity contribution in [1.82, 2.24) is 0 Å². The van der Waals surface area contributed by atoms with Crippen molar-refractivity contribution in [2.24, 2.45) is 5.41 Å². The van der Waals surface area contributed by atoms with Crippen molar-refractivity contribution in [2.45, 2.75) is 20.3 Å². The number of aliphatic carboxylic acids is 1. The maximum absolute atomic E-state index is 11.8. The standard InChI is InChI=1S/C12H13ClINO3/c1-12(2,11(17)18)6-10(16)15-9-5-7(14)3-4-8(9)13/h3-5H,6H2,1-2H3,(H,15,16)(H,17,18). The van der Waals surface area contributed by atoms with E-state index < -0.39 is 11.4 Å². The van der Waals surface area contributed by atoms with Crippen LogP contribution in [0.5, 0.6) is 0 Å². The molecule has 0 atom stereocenters. The van der Waals surface area contributed by atoms with Gasteiger partial charge in [0.15, 0.2) is 0 Å². The molecule has 6 heteroatoms. The summed E-state index contributed by atoms with van der Waals surface area (Å²) in [6, 6.07) is 5.23. The first-order chi connectivity index (χ1) is 8.22. The van der Waals surface area contributed by atoms with Crippen molar-refractivity contribution in [3.05, 3.63) is 26.8 Å². The number of rotatable bonds is 4. The average molecular weight is 382 g/mol. The van der Waals surface area contributed by atoms with Crippen LogP contribution in [0.3, 0.4) is 0 Å². The van der Waals surface area contributed by atoms with Crippen molar-refractivity contribution in [1.29, 1.82) is 0 Å². The molecule has 1 aromatic carbocycles. The molecule has 0 bridgehead atoms. The van der Waals surface area contributed by atoms with Crippen LogP contribution in [-0.4, -0.2) is 17.0 Å². The van der Waals surface area contributed by atoms with Gasteiger partial charge in [-0.2, -0.15) is 0 Å². The summed E-state index contributed by atoms with van der Waals surface area (Å²) in [7, 11) is 0. The Bertz CT molecular complexity index is 488. The number of carboxylic acids is 1. The van der Waals surface area contributed by atoms with Gasteiger partial charge in [-0.15, -0.1) is 0 Å². The van der Waals surface area contributed by atoms with E-state index in [-0.39, 0.29) is 12.3 Å². The minimum Gasteiger partial charge on any atom is -0.481 e. The second-order valence-electron chi connectivity index (χ2n) is 4.54. The van der Waals surface area contributed by atoms with Crippen LogP contribution in [0.25, 0.3) is 0 Å². The van der Waals surface area contributed by atoms with Gasteiger partial charge in [-0.25, -0.2) is 0 Å². The molecule has 0 aromatic heterocycles. The third kappa shape index (κ3) is 4.13. The average Bonchev–Trinajstić information content (AvgIpc) is 2.22. The highest BCUT2D eigenvalue weighted by Gasteiger charge is 2.30. The SMILES string of the molecule is CC(C)(CC(=O)Nc1cc(I)ccc1Cl)C(=O)O. The fourth-order valence-electron chi connectivity index (χ4n) is 1.26. The zero-order valence-corrected chi connectivity index (χ0v) is 12.9. The summed E-state index contributed by atoms with van der Waals surface area (Å²) in [5, 5.41) is 12.0. The lowest BCUT2D eigenvalue weighted by Gasteiger charge is -2.18. The molecule has 0 unspecified atom stereocenters. The van der Waals surface area contributed by atoms with Gasteiger partial charge in [0, 0.05) is 9.99 Å². The number of carbonyl (C=O) groups excluding carboxylic acids is 1. The van der Waals surface area contributed by atoms with Gasteiger partial charge in [0.25, 0.3) is 0 Å². The summed E-state index contributed by atoms with van der Waals surface area (Å²) >= 11 is 8.04. The van der Waals surface area contributed by atoms with Crippen LogP contribution in [0.4, 0.5) is 5.69 Å². The van der Waals surface area contributed by atoms with Gasteiger partial charge < -0.3 is 10.4 Å². The zero-order valence-electron chi connectivity index (χ0n) is 9.96. The Morgan fingerprint density at radius 1 is 1.44 bits per heavy atom. The molecule has 0 radical (unpaired) electrons. The monoisotopic (exact) mass is 381 g/mol. The molecule has 4 nitrogen and oxygen atoms in total.